The Balaban J connectivity index is 1.89. The van der Waals surface area contributed by atoms with Crippen LogP contribution in [-0.4, -0.2) is 27.5 Å². The molecule has 2 aromatic rings. The van der Waals surface area contributed by atoms with Crippen molar-refractivity contribution in [2.45, 2.75) is 31.6 Å². The van der Waals surface area contributed by atoms with Crippen molar-refractivity contribution in [2.75, 3.05) is 7.11 Å². The van der Waals surface area contributed by atoms with Crippen LogP contribution in [0, 0.1) is 0 Å². The van der Waals surface area contributed by atoms with Gasteiger partial charge in [-0.2, -0.15) is 0 Å². The van der Waals surface area contributed by atoms with Crippen LogP contribution in [0.3, 0.4) is 0 Å². The van der Waals surface area contributed by atoms with Crippen LogP contribution >= 0.6 is 0 Å². The predicted molar refractivity (Wildman–Crippen MR) is 97.8 cm³/mol. The highest BCUT2D eigenvalue weighted by molar-refractivity contribution is 7.88. The first-order chi connectivity index (χ1) is 11.9. The number of hydrogen-bond donors (Lipinski definition) is 1. The van der Waals surface area contributed by atoms with Gasteiger partial charge in [-0.05, 0) is 43.0 Å². The molecule has 2 rings (SSSR count). The molecule has 6 heteroatoms. The Morgan fingerprint density at radius 2 is 1.68 bits per heavy atom. The maximum absolute atomic E-state index is 12.3. The van der Waals surface area contributed by atoms with Gasteiger partial charge >= 0.3 is 5.97 Å². The third kappa shape index (κ3) is 6.32. The lowest BCUT2D eigenvalue weighted by atomic mass is 10.1. The molecule has 0 aliphatic heterocycles. The molecule has 5 nitrogen and oxygen atoms in total. The van der Waals surface area contributed by atoms with Gasteiger partial charge in [0.1, 0.15) is 0 Å². The molecule has 0 unspecified atom stereocenters. The van der Waals surface area contributed by atoms with Crippen molar-refractivity contribution >= 4 is 16.0 Å². The number of carbonyl (C=O) groups is 1. The van der Waals surface area contributed by atoms with Crippen LogP contribution in [0.25, 0.3) is 0 Å². The summed E-state index contributed by atoms with van der Waals surface area (Å²) >= 11 is 0. The molecule has 0 aromatic heterocycles. The second-order valence-electron chi connectivity index (χ2n) is 5.99. The van der Waals surface area contributed by atoms with Gasteiger partial charge in [-0.25, -0.2) is 17.9 Å². The fourth-order valence-corrected chi connectivity index (χ4v) is 3.95. The van der Waals surface area contributed by atoms with Crippen molar-refractivity contribution in [2.24, 2.45) is 0 Å². The third-order valence-electron chi connectivity index (χ3n) is 3.82. The second-order valence-corrected chi connectivity index (χ2v) is 7.74. The molecule has 0 spiro atoms. The maximum atomic E-state index is 12.3. The van der Waals surface area contributed by atoms with Gasteiger partial charge < -0.3 is 4.74 Å². The van der Waals surface area contributed by atoms with Crippen molar-refractivity contribution in [3.8, 4) is 0 Å². The molecule has 0 heterocycles. The molecule has 0 radical (unpaired) electrons. The second kappa shape index (κ2) is 8.78. The molecule has 1 atom stereocenters. The molecule has 0 aliphatic rings. The van der Waals surface area contributed by atoms with Gasteiger partial charge in [-0.15, -0.1) is 0 Å². The summed E-state index contributed by atoms with van der Waals surface area (Å²) in [6, 6.07) is 16.2. The number of carbonyl (C=O) groups excluding carboxylic acids is 1. The smallest absolute Gasteiger partial charge is 0.337 e. The summed E-state index contributed by atoms with van der Waals surface area (Å²) in [6.45, 7) is 1.86. The van der Waals surface area contributed by atoms with Gasteiger partial charge in [0, 0.05) is 6.04 Å². The van der Waals surface area contributed by atoms with Gasteiger partial charge in [-0.3, -0.25) is 0 Å². The van der Waals surface area contributed by atoms with Crippen LogP contribution in [-0.2, 0) is 26.9 Å². The molecule has 1 N–H and O–H groups in total. The average molecular weight is 361 g/mol. The molecule has 0 bridgehead atoms. The van der Waals surface area contributed by atoms with Crippen LogP contribution in [0.5, 0.6) is 0 Å². The summed E-state index contributed by atoms with van der Waals surface area (Å²) in [5.41, 5.74) is 2.20. The zero-order chi connectivity index (χ0) is 18.3. The fraction of sp³-hybridized carbons (Fsp3) is 0.316. The van der Waals surface area contributed by atoms with Crippen molar-refractivity contribution < 1.29 is 17.9 Å². The molecule has 2 aromatic carbocycles. The van der Waals surface area contributed by atoms with E-state index in [1.54, 1.807) is 24.3 Å². The summed E-state index contributed by atoms with van der Waals surface area (Å²) < 4.78 is 31.9. The highest BCUT2D eigenvalue weighted by Crippen LogP contribution is 2.11. The summed E-state index contributed by atoms with van der Waals surface area (Å²) in [7, 11) is -2.14. The van der Waals surface area contributed by atoms with Gasteiger partial charge in [0.25, 0.3) is 0 Å². The minimum Gasteiger partial charge on any atom is -0.465 e. The summed E-state index contributed by atoms with van der Waals surface area (Å²) in [5.74, 6) is -0.563. The average Bonchev–Trinajstić information content (AvgIpc) is 2.60. The normalized spacial score (nSPS) is 12.6. The Morgan fingerprint density at radius 3 is 2.28 bits per heavy atom. The monoisotopic (exact) mass is 361 g/mol. The quantitative estimate of drug-likeness (QED) is 0.734. The number of hydrogen-bond acceptors (Lipinski definition) is 4. The molecular weight excluding hydrogens is 338 g/mol. The number of esters is 1. The molecular formula is C19H23NO4S. The lowest BCUT2D eigenvalue weighted by Crippen LogP contribution is -2.33. The first-order valence-electron chi connectivity index (χ1n) is 8.11. The van der Waals surface area contributed by atoms with Crippen LogP contribution in [0.4, 0.5) is 0 Å². The van der Waals surface area contributed by atoms with E-state index in [1.807, 2.05) is 37.3 Å². The van der Waals surface area contributed by atoms with E-state index in [0.717, 1.165) is 12.8 Å². The summed E-state index contributed by atoms with van der Waals surface area (Å²) in [6.07, 6.45) is 1.54. The van der Waals surface area contributed by atoms with Gasteiger partial charge in [-0.1, -0.05) is 42.5 Å². The van der Waals surface area contributed by atoms with E-state index >= 15 is 0 Å². The molecule has 0 aliphatic carbocycles. The van der Waals surface area contributed by atoms with E-state index in [1.165, 1.54) is 12.7 Å². The van der Waals surface area contributed by atoms with E-state index in [9.17, 15) is 13.2 Å². The summed E-state index contributed by atoms with van der Waals surface area (Å²) in [4.78, 5) is 11.4. The van der Waals surface area contributed by atoms with E-state index in [-0.39, 0.29) is 11.8 Å². The Kier molecular flexibility index (Phi) is 6.73. The third-order valence-corrected chi connectivity index (χ3v) is 5.30. The maximum Gasteiger partial charge on any atom is 0.337 e. The highest BCUT2D eigenvalue weighted by atomic mass is 32.2. The SMILES string of the molecule is COC(=O)c1ccc(CS(=O)(=O)N[C@H](C)CCc2ccccc2)cc1. The Bertz CT molecular complexity index is 786. The minimum atomic E-state index is -3.44. The summed E-state index contributed by atoms with van der Waals surface area (Å²) in [5, 5.41) is 0. The standard InChI is InChI=1S/C19H23NO4S/c1-15(8-9-16-6-4-3-5-7-16)20-25(22,23)14-17-10-12-18(13-11-17)19(21)24-2/h3-7,10-13,15,20H,8-9,14H2,1-2H3/t15-/m1/s1. The van der Waals surface area contributed by atoms with Crippen molar-refractivity contribution in [1.82, 2.24) is 4.72 Å². The van der Waals surface area contributed by atoms with Crippen molar-refractivity contribution in [1.29, 1.82) is 0 Å². The Hall–Kier alpha value is -2.18. The fourth-order valence-electron chi connectivity index (χ4n) is 2.51. The zero-order valence-corrected chi connectivity index (χ0v) is 15.3. The van der Waals surface area contributed by atoms with Gasteiger partial charge in [0.2, 0.25) is 10.0 Å². The Labute approximate surface area is 149 Å². The van der Waals surface area contributed by atoms with Crippen LogP contribution in [0.1, 0.15) is 34.8 Å². The van der Waals surface area contributed by atoms with E-state index < -0.39 is 16.0 Å². The predicted octanol–water partition coefficient (Wildman–Crippen LogP) is 2.91. The number of ether oxygens (including phenoxy) is 1. The first kappa shape index (κ1) is 19.1. The zero-order valence-electron chi connectivity index (χ0n) is 14.4. The van der Waals surface area contributed by atoms with E-state index in [0.29, 0.717) is 11.1 Å². The number of benzene rings is 2. The number of aryl methyl sites for hydroxylation is 1. The lowest BCUT2D eigenvalue weighted by molar-refractivity contribution is 0.0600. The number of nitrogens with one attached hydrogen (secondary N) is 1. The van der Waals surface area contributed by atoms with Gasteiger partial charge in [0.05, 0.1) is 18.4 Å². The molecule has 25 heavy (non-hydrogen) atoms. The van der Waals surface area contributed by atoms with Crippen LogP contribution < -0.4 is 4.72 Å². The van der Waals surface area contributed by atoms with Crippen molar-refractivity contribution in [3.63, 3.8) is 0 Å². The van der Waals surface area contributed by atoms with Crippen LogP contribution in [0.15, 0.2) is 54.6 Å². The Morgan fingerprint density at radius 1 is 1.04 bits per heavy atom. The van der Waals surface area contributed by atoms with Gasteiger partial charge in [0.15, 0.2) is 0 Å². The molecule has 0 saturated heterocycles. The van der Waals surface area contributed by atoms with E-state index in [2.05, 4.69) is 9.46 Å². The molecule has 0 fully saturated rings. The highest BCUT2D eigenvalue weighted by Gasteiger charge is 2.16. The first-order valence-corrected chi connectivity index (χ1v) is 9.76. The lowest BCUT2D eigenvalue weighted by Gasteiger charge is -2.14. The van der Waals surface area contributed by atoms with Crippen molar-refractivity contribution in [3.05, 3.63) is 71.3 Å². The number of rotatable bonds is 8. The number of sulfonamides is 1. The molecule has 134 valence electrons. The molecule has 0 saturated carbocycles. The minimum absolute atomic E-state index is 0.121. The number of methoxy groups -OCH3 is 1. The topological polar surface area (TPSA) is 72.5 Å². The van der Waals surface area contributed by atoms with Crippen LogP contribution in [0.2, 0.25) is 0 Å². The molecule has 0 amide bonds. The van der Waals surface area contributed by atoms with E-state index in [4.69, 9.17) is 0 Å². The largest absolute Gasteiger partial charge is 0.465 e.